The van der Waals surface area contributed by atoms with Gasteiger partial charge in [-0.3, -0.25) is 9.63 Å². The summed E-state index contributed by atoms with van der Waals surface area (Å²) >= 11 is 11.9. The highest BCUT2D eigenvalue weighted by Crippen LogP contribution is 2.22. The summed E-state index contributed by atoms with van der Waals surface area (Å²) in [5.74, 6) is -0.113. The molecule has 0 heterocycles. The van der Waals surface area contributed by atoms with Crippen molar-refractivity contribution in [2.75, 3.05) is 0 Å². The lowest BCUT2D eigenvalue weighted by atomic mass is 10.1. The molecule has 0 atom stereocenters. The van der Waals surface area contributed by atoms with E-state index in [2.05, 4.69) is 5.48 Å². The lowest BCUT2D eigenvalue weighted by Crippen LogP contribution is -2.28. The van der Waals surface area contributed by atoms with E-state index in [1.54, 1.807) is 12.1 Å². The standard InChI is InChI=1S/C14H17Cl2NO2/c15-11-7-5-10(13(16)9-11)6-8-14(18)17-19-12-3-1-2-4-12/h5,7,9,12H,1-4,6,8H2,(H,17,18). The number of benzene rings is 1. The fraction of sp³-hybridized carbons (Fsp3) is 0.500. The zero-order chi connectivity index (χ0) is 13.7. The number of carbonyl (C=O) groups is 1. The highest BCUT2D eigenvalue weighted by atomic mass is 35.5. The minimum atomic E-state index is -0.113. The highest BCUT2D eigenvalue weighted by Gasteiger charge is 2.16. The molecule has 1 amide bonds. The monoisotopic (exact) mass is 301 g/mol. The number of hydroxylamine groups is 1. The Morgan fingerprint density at radius 1 is 1.32 bits per heavy atom. The second-order valence-corrected chi connectivity index (χ2v) is 5.63. The Morgan fingerprint density at radius 2 is 2.05 bits per heavy atom. The molecule has 0 radical (unpaired) electrons. The van der Waals surface area contributed by atoms with Crippen LogP contribution in [0.5, 0.6) is 0 Å². The third kappa shape index (κ3) is 4.68. The molecular weight excluding hydrogens is 285 g/mol. The van der Waals surface area contributed by atoms with Crippen LogP contribution in [0.15, 0.2) is 18.2 Å². The first-order valence-electron chi connectivity index (χ1n) is 6.53. The predicted octanol–water partition coefficient (Wildman–Crippen LogP) is 3.92. The summed E-state index contributed by atoms with van der Waals surface area (Å²) in [7, 11) is 0. The van der Waals surface area contributed by atoms with Gasteiger partial charge < -0.3 is 0 Å². The average Bonchev–Trinajstić information content (AvgIpc) is 2.88. The zero-order valence-corrected chi connectivity index (χ0v) is 12.1. The maximum absolute atomic E-state index is 11.6. The number of amides is 1. The first-order chi connectivity index (χ1) is 9.15. The summed E-state index contributed by atoms with van der Waals surface area (Å²) < 4.78 is 0. The fourth-order valence-electron chi connectivity index (χ4n) is 2.18. The number of aryl methyl sites for hydroxylation is 1. The second-order valence-electron chi connectivity index (χ2n) is 4.79. The first-order valence-corrected chi connectivity index (χ1v) is 7.29. The lowest BCUT2D eigenvalue weighted by Gasteiger charge is -2.11. The molecule has 1 aliphatic carbocycles. The normalized spacial score (nSPS) is 15.7. The lowest BCUT2D eigenvalue weighted by molar-refractivity contribution is -0.138. The minimum absolute atomic E-state index is 0.113. The molecule has 3 nitrogen and oxygen atoms in total. The van der Waals surface area contributed by atoms with Crippen molar-refractivity contribution in [1.29, 1.82) is 0 Å². The van der Waals surface area contributed by atoms with Crippen molar-refractivity contribution in [3.63, 3.8) is 0 Å². The van der Waals surface area contributed by atoms with Crippen molar-refractivity contribution < 1.29 is 9.63 Å². The first kappa shape index (κ1) is 14.6. The average molecular weight is 302 g/mol. The molecule has 1 aromatic carbocycles. The van der Waals surface area contributed by atoms with Gasteiger partial charge in [0.05, 0.1) is 6.10 Å². The van der Waals surface area contributed by atoms with Crippen molar-refractivity contribution in [3.8, 4) is 0 Å². The van der Waals surface area contributed by atoms with Crippen LogP contribution in [0.3, 0.4) is 0 Å². The molecule has 0 unspecified atom stereocenters. The van der Waals surface area contributed by atoms with Gasteiger partial charge in [0, 0.05) is 16.5 Å². The third-order valence-corrected chi connectivity index (χ3v) is 3.87. The molecule has 1 fully saturated rings. The van der Waals surface area contributed by atoms with Crippen LogP contribution in [-0.2, 0) is 16.1 Å². The van der Waals surface area contributed by atoms with Crippen molar-refractivity contribution >= 4 is 29.1 Å². The molecule has 19 heavy (non-hydrogen) atoms. The topological polar surface area (TPSA) is 38.3 Å². The largest absolute Gasteiger partial charge is 0.273 e. The van der Waals surface area contributed by atoms with Crippen LogP contribution in [0.4, 0.5) is 0 Å². The fourth-order valence-corrected chi connectivity index (χ4v) is 2.68. The molecule has 2 rings (SSSR count). The summed E-state index contributed by atoms with van der Waals surface area (Å²) in [6.07, 6.45) is 5.54. The van der Waals surface area contributed by atoms with Gasteiger partial charge >= 0.3 is 0 Å². The molecule has 0 aromatic heterocycles. The molecule has 5 heteroatoms. The van der Waals surface area contributed by atoms with Crippen LogP contribution in [0.25, 0.3) is 0 Å². The molecule has 1 aromatic rings. The minimum Gasteiger partial charge on any atom is -0.273 e. The van der Waals surface area contributed by atoms with Crippen molar-refractivity contribution in [1.82, 2.24) is 5.48 Å². The van der Waals surface area contributed by atoms with E-state index in [0.717, 1.165) is 18.4 Å². The van der Waals surface area contributed by atoms with Crippen LogP contribution >= 0.6 is 23.2 Å². The van der Waals surface area contributed by atoms with Gasteiger partial charge in [-0.2, -0.15) is 0 Å². The number of halogens is 2. The van der Waals surface area contributed by atoms with Gasteiger partial charge in [0.1, 0.15) is 0 Å². The number of nitrogens with one attached hydrogen (secondary N) is 1. The maximum Gasteiger partial charge on any atom is 0.243 e. The van der Waals surface area contributed by atoms with Crippen LogP contribution in [0.1, 0.15) is 37.7 Å². The van der Waals surface area contributed by atoms with Crippen LogP contribution in [0.2, 0.25) is 10.0 Å². The van der Waals surface area contributed by atoms with E-state index >= 15 is 0 Å². The van der Waals surface area contributed by atoms with Crippen LogP contribution in [0, 0.1) is 0 Å². The quantitative estimate of drug-likeness (QED) is 0.837. The van der Waals surface area contributed by atoms with Gasteiger partial charge in [0.15, 0.2) is 0 Å². The Hall–Kier alpha value is -0.770. The van der Waals surface area contributed by atoms with E-state index in [9.17, 15) is 4.79 Å². The Morgan fingerprint density at radius 3 is 2.74 bits per heavy atom. The Bertz CT molecular complexity index is 445. The van der Waals surface area contributed by atoms with Crippen molar-refractivity contribution in [2.45, 2.75) is 44.6 Å². The SMILES string of the molecule is O=C(CCc1ccc(Cl)cc1Cl)NOC1CCCC1. The number of hydrogen-bond donors (Lipinski definition) is 1. The molecule has 104 valence electrons. The van der Waals surface area contributed by atoms with Crippen molar-refractivity contribution in [3.05, 3.63) is 33.8 Å². The van der Waals surface area contributed by atoms with Gasteiger partial charge in [-0.05, 0) is 37.0 Å². The molecular formula is C14H17Cl2NO2. The molecule has 0 saturated heterocycles. The van der Waals surface area contributed by atoms with Gasteiger partial charge in [0.25, 0.3) is 0 Å². The molecule has 1 N–H and O–H groups in total. The number of rotatable bonds is 5. The summed E-state index contributed by atoms with van der Waals surface area (Å²) in [4.78, 5) is 17.0. The smallest absolute Gasteiger partial charge is 0.243 e. The molecule has 1 saturated carbocycles. The van der Waals surface area contributed by atoms with Gasteiger partial charge in [-0.15, -0.1) is 0 Å². The van der Waals surface area contributed by atoms with Gasteiger partial charge in [-0.25, -0.2) is 5.48 Å². The predicted molar refractivity (Wildman–Crippen MR) is 76.3 cm³/mol. The van der Waals surface area contributed by atoms with E-state index in [4.69, 9.17) is 28.0 Å². The Kier molecular flexibility index (Phi) is 5.49. The summed E-state index contributed by atoms with van der Waals surface area (Å²) in [5.41, 5.74) is 3.44. The van der Waals surface area contributed by atoms with Crippen LogP contribution < -0.4 is 5.48 Å². The second kappa shape index (κ2) is 7.13. The molecule has 0 bridgehead atoms. The Labute approximate surface area is 123 Å². The van der Waals surface area contributed by atoms with Crippen LogP contribution in [-0.4, -0.2) is 12.0 Å². The van der Waals surface area contributed by atoms with E-state index in [-0.39, 0.29) is 12.0 Å². The molecule has 1 aliphatic rings. The molecule has 0 spiro atoms. The summed E-state index contributed by atoms with van der Waals surface area (Å²) in [6, 6.07) is 5.30. The maximum atomic E-state index is 11.6. The zero-order valence-electron chi connectivity index (χ0n) is 10.6. The number of hydrogen-bond acceptors (Lipinski definition) is 2. The van der Waals surface area contributed by atoms with E-state index in [0.29, 0.717) is 22.9 Å². The van der Waals surface area contributed by atoms with E-state index in [1.165, 1.54) is 12.8 Å². The highest BCUT2D eigenvalue weighted by molar-refractivity contribution is 6.35. The van der Waals surface area contributed by atoms with Crippen molar-refractivity contribution in [2.24, 2.45) is 0 Å². The summed E-state index contributed by atoms with van der Waals surface area (Å²) in [6.45, 7) is 0. The third-order valence-electron chi connectivity index (χ3n) is 3.28. The van der Waals surface area contributed by atoms with Gasteiger partial charge in [-0.1, -0.05) is 42.1 Å². The summed E-state index contributed by atoms with van der Waals surface area (Å²) in [5, 5.41) is 1.19. The number of carbonyl (C=O) groups excluding carboxylic acids is 1. The van der Waals surface area contributed by atoms with E-state index in [1.807, 2.05) is 6.07 Å². The molecule has 0 aliphatic heterocycles. The Balaban J connectivity index is 1.73. The van der Waals surface area contributed by atoms with Gasteiger partial charge in [0.2, 0.25) is 5.91 Å². The van der Waals surface area contributed by atoms with E-state index < -0.39 is 0 Å².